The monoisotopic (exact) mass is 320 g/mol. The molecule has 4 heteroatoms. The van der Waals surface area contributed by atoms with Gasteiger partial charge in [-0.05, 0) is 17.5 Å². The van der Waals surface area contributed by atoms with Crippen molar-refractivity contribution in [1.29, 1.82) is 0 Å². The third-order valence-electron chi connectivity index (χ3n) is 3.99. The summed E-state index contributed by atoms with van der Waals surface area (Å²) in [4.78, 5) is 14.2. The molecule has 0 aliphatic heterocycles. The molecule has 0 spiro atoms. The summed E-state index contributed by atoms with van der Waals surface area (Å²) in [5, 5.41) is 3.92. The Morgan fingerprint density at radius 2 is 1.71 bits per heavy atom. The van der Waals surface area contributed by atoms with Gasteiger partial charge in [0.15, 0.2) is 11.5 Å². The average molecular weight is 320 g/mol. The Morgan fingerprint density at radius 1 is 1.04 bits per heavy atom. The lowest BCUT2D eigenvalue weighted by Crippen LogP contribution is -2.26. The summed E-state index contributed by atoms with van der Waals surface area (Å²) < 4.78 is 5.30. The molecule has 1 heterocycles. The standard InChI is InChI=1S/C20H20N2O2/c1-3-15-9-11-16(12-10-15)14-22(2)20(23)18-13-19(24-21-18)17-7-5-4-6-8-17/h4-13H,3,14H2,1-2H3. The van der Waals surface area contributed by atoms with Crippen molar-refractivity contribution in [3.8, 4) is 11.3 Å². The number of carbonyl (C=O) groups is 1. The normalized spacial score (nSPS) is 10.6. The van der Waals surface area contributed by atoms with Crippen molar-refractivity contribution in [1.82, 2.24) is 10.1 Å². The maximum Gasteiger partial charge on any atom is 0.276 e. The van der Waals surface area contributed by atoms with Crippen LogP contribution in [0.4, 0.5) is 0 Å². The maximum atomic E-state index is 12.5. The van der Waals surface area contributed by atoms with Gasteiger partial charge in [0.05, 0.1) is 0 Å². The molecule has 0 N–H and O–H groups in total. The van der Waals surface area contributed by atoms with Gasteiger partial charge in [-0.2, -0.15) is 0 Å². The van der Waals surface area contributed by atoms with Gasteiger partial charge in [0, 0.05) is 25.2 Å². The van der Waals surface area contributed by atoms with E-state index >= 15 is 0 Å². The highest BCUT2D eigenvalue weighted by Gasteiger charge is 2.17. The topological polar surface area (TPSA) is 46.3 Å². The summed E-state index contributed by atoms with van der Waals surface area (Å²) in [6.45, 7) is 2.66. The summed E-state index contributed by atoms with van der Waals surface area (Å²) in [7, 11) is 1.77. The first-order chi connectivity index (χ1) is 11.7. The molecular formula is C20H20N2O2. The molecule has 24 heavy (non-hydrogen) atoms. The van der Waals surface area contributed by atoms with Gasteiger partial charge in [0.25, 0.3) is 5.91 Å². The number of aromatic nitrogens is 1. The van der Waals surface area contributed by atoms with Crippen LogP contribution in [0.25, 0.3) is 11.3 Å². The van der Waals surface area contributed by atoms with Crippen LogP contribution in [0.1, 0.15) is 28.5 Å². The SMILES string of the molecule is CCc1ccc(CN(C)C(=O)c2cc(-c3ccccc3)on2)cc1. The van der Waals surface area contributed by atoms with Crippen LogP contribution in [0.15, 0.2) is 65.2 Å². The molecule has 0 radical (unpaired) electrons. The molecule has 0 saturated carbocycles. The molecule has 1 aromatic heterocycles. The molecule has 4 nitrogen and oxygen atoms in total. The number of amides is 1. The van der Waals surface area contributed by atoms with E-state index in [1.807, 2.05) is 30.3 Å². The third-order valence-corrected chi connectivity index (χ3v) is 3.99. The minimum atomic E-state index is -0.152. The van der Waals surface area contributed by atoms with E-state index in [0.717, 1.165) is 17.5 Å². The number of nitrogens with zero attached hydrogens (tertiary/aromatic N) is 2. The predicted molar refractivity (Wildman–Crippen MR) is 93.6 cm³/mol. The largest absolute Gasteiger partial charge is 0.355 e. The van der Waals surface area contributed by atoms with Gasteiger partial charge in [-0.25, -0.2) is 0 Å². The number of hydrogen-bond donors (Lipinski definition) is 0. The van der Waals surface area contributed by atoms with Crippen molar-refractivity contribution in [2.75, 3.05) is 7.05 Å². The average Bonchev–Trinajstić information content (AvgIpc) is 3.12. The second-order valence-corrected chi connectivity index (χ2v) is 5.77. The molecule has 3 aromatic rings. The lowest BCUT2D eigenvalue weighted by atomic mass is 10.1. The van der Waals surface area contributed by atoms with Gasteiger partial charge < -0.3 is 9.42 Å². The van der Waals surface area contributed by atoms with E-state index in [-0.39, 0.29) is 5.91 Å². The molecule has 0 saturated heterocycles. The smallest absolute Gasteiger partial charge is 0.276 e. The van der Waals surface area contributed by atoms with E-state index in [9.17, 15) is 4.79 Å². The van der Waals surface area contributed by atoms with Crippen LogP contribution >= 0.6 is 0 Å². The summed E-state index contributed by atoms with van der Waals surface area (Å²) in [6.07, 6.45) is 1.01. The molecular weight excluding hydrogens is 300 g/mol. The second-order valence-electron chi connectivity index (χ2n) is 5.77. The molecule has 0 bridgehead atoms. The Morgan fingerprint density at radius 3 is 2.38 bits per heavy atom. The molecule has 122 valence electrons. The van der Waals surface area contributed by atoms with Crippen LogP contribution in [0, 0.1) is 0 Å². The van der Waals surface area contributed by atoms with Gasteiger partial charge in [0.2, 0.25) is 0 Å². The Bertz CT molecular complexity index is 807. The number of hydrogen-bond acceptors (Lipinski definition) is 3. The fourth-order valence-corrected chi connectivity index (χ4v) is 2.54. The van der Waals surface area contributed by atoms with E-state index in [4.69, 9.17) is 4.52 Å². The molecule has 3 rings (SSSR count). The highest BCUT2D eigenvalue weighted by molar-refractivity contribution is 5.92. The second kappa shape index (κ2) is 7.13. The van der Waals surface area contributed by atoms with Gasteiger partial charge in [-0.1, -0.05) is 66.7 Å². The zero-order chi connectivity index (χ0) is 16.9. The van der Waals surface area contributed by atoms with Crippen molar-refractivity contribution in [3.05, 3.63) is 77.5 Å². The molecule has 0 unspecified atom stereocenters. The van der Waals surface area contributed by atoms with Crippen LogP contribution in [0.2, 0.25) is 0 Å². The van der Waals surface area contributed by atoms with E-state index in [2.05, 4.69) is 36.3 Å². The van der Waals surface area contributed by atoms with E-state index < -0.39 is 0 Å². The van der Waals surface area contributed by atoms with Gasteiger partial charge in [-0.3, -0.25) is 4.79 Å². The van der Waals surface area contributed by atoms with Crippen LogP contribution in [-0.4, -0.2) is 23.0 Å². The highest BCUT2D eigenvalue weighted by atomic mass is 16.5. The first-order valence-corrected chi connectivity index (χ1v) is 8.03. The van der Waals surface area contributed by atoms with Crippen molar-refractivity contribution in [2.45, 2.75) is 19.9 Å². The molecule has 1 amide bonds. The van der Waals surface area contributed by atoms with Gasteiger partial charge in [0.1, 0.15) is 0 Å². The molecule has 0 atom stereocenters. The van der Waals surface area contributed by atoms with Crippen LogP contribution < -0.4 is 0 Å². The maximum absolute atomic E-state index is 12.5. The minimum Gasteiger partial charge on any atom is -0.355 e. The molecule has 0 fully saturated rings. The summed E-state index contributed by atoms with van der Waals surface area (Å²) >= 11 is 0. The predicted octanol–water partition coefficient (Wildman–Crippen LogP) is 4.18. The summed E-state index contributed by atoms with van der Waals surface area (Å²) in [5.41, 5.74) is 3.61. The van der Waals surface area contributed by atoms with Crippen LogP contribution in [-0.2, 0) is 13.0 Å². The van der Waals surface area contributed by atoms with Crippen LogP contribution in [0.3, 0.4) is 0 Å². The van der Waals surface area contributed by atoms with Crippen molar-refractivity contribution in [3.63, 3.8) is 0 Å². The summed E-state index contributed by atoms with van der Waals surface area (Å²) in [6, 6.07) is 19.6. The van der Waals surface area contributed by atoms with E-state index in [1.165, 1.54) is 5.56 Å². The number of rotatable bonds is 5. The first-order valence-electron chi connectivity index (χ1n) is 8.03. The van der Waals surface area contributed by atoms with Crippen LogP contribution in [0.5, 0.6) is 0 Å². The highest BCUT2D eigenvalue weighted by Crippen LogP contribution is 2.20. The Kier molecular flexibility index (Phi) is 4.75. The lowest BCUT2D eigenvalue weighted by molar-refractivity contribution is 0.0775. The van der Waals surface area contributed by atoms with Gasteiger partial charge >= 0.3 is 0 Å². The minimum absolute atomic E-state index is 0.152. The van der Waals surface area contributed by atoms with Gasteiger partial charge in [-0.15, -0.1) is 0 Å². The van der Waals surface area contributed by atoms with Crippen molar-refractivity contribution >= 4 is 5.91 Å². The van der Waals surface area contributed by atoms with E-state index in [0.29, 0.717) is 18.0 Å². The van der Waals surface area contributed by atoms with Crippen molar-refractivity contribution < 1.29 is 9.32 Å². The third kappa shape index (κ3) is 3.54. The lowest BCUT2D eigenvalue weighted by Gasteiger charge is -2.15. The fraction of sp³-hybridized carbons (Fsp3) is 0.200. The van der Waals surface area contributed by atoms with Crippen molar-refractivity contribution in [2.24, 2.45) is 0 Å². The Balaban J connectivity index is 1.70. The Labute approximate surface area is 141 Å². The molecule has 0 aliphatic carbocycles. The number of carbonyl (C=O) groups excluding carboxylic acids is 1. The Hall–Kier alpha value is -2.88. The molecule has 2 aromatic carbocycles. The first kappa shape index (κ1) is 16.0. The van der Waals surface area contributed by atoms with E-state index in [1.54, 1.807) is 18.0 Å². The number of benzene rings is 2. The summed E-state index contributed by atoms with van der Waals surface area (Å²) in [5.74, 6) is 0.445. The zero-order valence-corrected chi connectivity index (χ0v) is 13.9. The molecule has 0 aliphatic rings. The zero-order valence-electron chi connectivity index (χ0n) is 13.9. The fourth-order valence-electron chi connectivity index (χ4n) is 2.54. The number of aryl methyl sites for hydroxylation is 1. The quantitative estimate of drug-likeness (QED) is 0.708.